The fourth-order valence-electron chi connectivity index (χ4n) is 1.98. The van der Waals surface area contributed by atoms with Crippen LogP contribution in [0.2, 0.25) is 0 Å². The van der Waals surface area contributed by atoms with Crippen molar-refractivity contribution in [1.82, 2.24) is 9.97 Å². The van der Waals surface area contributed by atoms with Crippen LogP contribution >= 0.6 is 31.9 Å². The van der Waals surface area contributed by atoms with Gasteiger partial charge in [0, 0.05) is 21.6 Å². The van der Waals surface area contributed by atoms with Gasteiger partial charge in [0.2, 0.25) is 5.95 Å². The minimum atomic E-state index is 0.413. The van der Waals surface area contributed by atoms with E-state index in [1.165, 1.54) is 0 Å². The van der Waals surface area contributed by atoms with Crippen LogP contribution in [-0.2, 0) is 0 Å². The van der Waals surface area contributed by atoms with Gasteiger partial charge in [0.05, 0.1) is 0 Å². The molecule has 0 bridgehead atoms. The van der Waals surface area contributed by atoms with Crippen LogP contribution in [0.25, 0.3) is 10.8 Å². The molecule has 1 aromatic heterocycles. The average molecular weight is 394 g/mol. The van der Waals surface area contributed by atoms with Crippen molar-refractivity contribution in [3.8, 4) is 0 Å². The predicted molar refractivity (Wildman–Crippen MR) is 89.1 cm³/mol. The Morgan fingerprint density at radius 2 is 1.70 bits per heavy atom. The third-order valence-electron chi connectivity index (χ3n) is 2.83. The summed E-state index contributed by atoms with van der Waals surface area (Å²) >= 11 is 6.86. The minimum absolute atomic E-state index is 0.413. The van der Waals surface area contributed by atoms with E-state index in [1.54, 1.807) is 6.07 Å². The molecule has 0 amide bonds. The van der Waals surface area contributed by atoms with Crippen molar-refractivity contribution in [2.75, 3.05) is 11.1 Å². The first-order valence-corrected chi connectivity index (χ1v) is 7.46. The monoisotopic (exact) mass is 392 g/mol. The van der Waals surface area contributed by atoms with Gasteiger partial charge < -0.3 is 11.1 Å². The zero-order valence-corrected chi connectivity index (χ0v) is 13.4. The third-order valence-corrected chi connectivity index (χ3v) is 3.93. The van der Waals surface area contributed by atoms with E-state index in [2.05, 4.69) is 53.2 Å². The Kier molecular flexibility index (Phi) is 3.58. The molecule has 3 rings (SSSR count). The van der Waals surface area contributed by atoms with Crippen molar-refractivity contribution in [1.29, 1.82) is 0 Å². The van der Waals surface area contributed by atoms with Crippen molar-refractivity contribution in [3.63, 3.8) is 0 Å². The SMILES string of the molecule is Nc1cc(Br)nc(Nc2ccc(Br)c3ccccc23)n1. The number of rotatable bonds is 2. The van der Waals surface area contributed by atoms with E-state index < -0.39 is 0 Å². The molecule has 0 aliphatic carbocycles. The fraction of sp³-hybridized carbons (Fsp3) is 0. The number of aromatic nitrogens is 2. The summed E-state index contributed by atoms with van der Waals surface area (Å²) in [6.45, 7) is 0. The molecule has 0 radical (unpaired) electrons. The van der Waals surface area contributed by atoms with Crippen molar-refractivity contribution >= 4 is 60.1 Å². The number of anilines is 3. The van der Waals surface area contributed by atoms with Crippen LogP contribution in [-0.4, -0.2) is 9.97 Å². The summed E-state index contributed by atoms with van der Waals surface area (Å²) in [7, 11) is 0. The van der Waals surface area contributed by atoms with Gasteiger partial charge in [-0.25, -0.2) is 4.98 Å². The molecule has 0 spiro atoms. The zero-order chi connectivity index (χ0) is 14.1. The predicted octanol–water partition coefficient (Wildman–Crippen LogP) is 4.48. The van der Waals surface area contributed by atoms with Crippen molar-refractivity contribution < 1.29 is 0 Å². The van der Waals surface area contributed by atoms with Gasteiger partial charge in [0.25, 0.3) is 0 Å². The summed E-state index contributed by atoms with van der Waals surface area (Å²) in [6, 6.07) is 13.7. The van der Waals surface area contributed by atoms with Gasteiger partial charge in [-0.15, -0.1) is 0 Å². The summed E-state index contributed by atoms with van der Waals surface area (Å²) in [4.78, 5) is 8.43. The molecular formula is C14H10Br2N4. The second kappa shape index (κ2) is 5.38. The van der Waals surface area contributed by atoms with E-state index in [-0.39, 0.29) is 0 Å². The Morgan fingerprint density at radius 1 is 0.950 bits per heavy atom. The van der Waals surface area contributed by atoms with Crippen LogP contribution in [0.1, 0.15) is 0 Å². The number of benzene rings is 2. The highest BCUT2D eigenvalue weighted by Gasteiger charge is 2.06. The molecular weight excluding hydrogens is 384 g/mol. The highest BCUT2D eigenvalue weighted by molar-refractivity contribution is 9.10. The number of hydrogen-bond donors (Lipinski definition) is 2. The first-order valence-electron chi connectivity index (χ1n) is 5.88. The normalized spacial score (nSPS) is 10.7. The summed E-state index contributed by atoms with van der Waals surface area (Å²) in [6.07, 6.45) is 0. The van der Waals surface area contributed by atoms with E-state index in [4.69, 9.17) is 5.73 Å². The number of nitrogens with one attached hydrogen (secondary N) is 1. The standard InChI is InChI=1S/C14H10Br2N4/c15-10-5-6-11(9-4-2-1-3-8(9)10)18-14-19-12(16)7-13(17)20-14/h1-7H,(H3,17,18,19,20). The number of halogens is 2. The quantitative estimate of drug-likeness (QED) is 0.630. The van der Waals surface area contributed by atoms with E-state index in [0.717, 1.165) is 20.9 Å². The Bertz CT molecular complexity index is 769. The number of nitrogens with zero attached hydrogens (tertiary/aromatic N) is 2. The second-order valence-electron chi connectivity index (χ2n) is 4.20. The summed E-state index contributed by atoms with van der Waals surface area (Å²) in [5.41, 5.74) is 6.65. The first kappa shape index (κ1) is 13.3. The lowest BCUT2D eigenvalue weighted by Crippen LogP contribution is -2.01. The van der Waals surface area contributed by atoms with Gasteiger partial charge in [0.1, 0.15) is 10.4 Å². The lowest BCUT2D eigenvalue weighted by Gasteiger charge is -2.10. The Morgan fingerprint density at radius 3 is 2.45 bits per heavy atom. The molecule has 0 atom stereocenters. The van der Waals surface area contributed by atoms with Gasteiger partial charge in [-0.3, -0.25) is 0 Å². The molecule has 3 aromatic rings. The summed E-state index contributed by atoms with van der Waals surface area (Å²) < 4.78 is 1.70. The van der Waals surface area contributed by atoms with Gasteiger partial charge in [-0.05, 0) is 33.4 Å². The molecule has 4 nitrogen and oxygen atoms in total. The molecule has 2 aromatic carbocycles. The maximum absolute atomic E-state index is 5.72. The van der Waals surface area contributed by atoms with Crippen LogP contribution in [0.3, 0.4) is 0 Å². The van der Waals surface area contributed by atoms with Crippen LogP contribution in [0, 0.1) is 0 Å². The molecule has 0 saturated heterocycles. The van der Waals surface area contributed by atoms with E-state index in [0.29, 0.717) is 16.4 Å². The largest absolute Gasteiger partial charge is 0.383 e. The topological polar surface area (TPSA) is 63.8 Å². The van der Waals surface area contributed by atoms with Crippen LogP contribution < -0.4 is 11.1 Å². The second-order valence-corrected chi connectivity index (χ2v) is 5.87. The number of nitrogen functional groups attached to an aromatic ring is 1. The maximum Gasteiger partial charge on any atom is 0.230 e. The highest BCUT2D eigenvalue weighted by Crippen LogP contribution is 2.31. The molecule has 0 aliphatic heterocycles. The van der Waals surface area contributed by atoms with Crippen LogP contribution in [0.15, 0.2) is 51.5 Å². The zero-order valence-electron chi connectivity index (χ0n) is 10.3. The average Bonchev–Trinajstić information content (AvgIpc) is 2.41. The number of hydrogen-bond acceptors (Lipinski definition) is 4. The molecule has 20 heavy (non-hydrogen) atoms. The van der Waals surface area contributed by atoms with Crippen LogP contribution in [0.4, 0.5) is 17.5 Å². The molecule has 0 unspecified atom stereocenters. The van der Waals surface area contributed by atoms with Crippen LogP contribution in [0.5, 0.6) is 0 Å². The van der Waals surface area contributed by atoms with Gasteiger partial charge >= 0.3 is 0 Å². The molecule has 0 saturated carbocycles. The molecule has 0 fully saturated rings. The fourth-order valence-corrected chi connectivity index (χ4v) is 2.86. The number of nitrogens with two attached hydrogens (primary N) is 1. The molecule has 100 valence electrons. The minimum Gasteiger partial charge on any atom is -0.383 e. The van der Waals surface area contributed by atoms with Crippen molar-refractivity contribution in [2.24, 2.45) is 0 Å². The molecule has 3 N–H and O–H groups in total. The first-order chi connectivity index (χ1) is 9.63. The molecule has 1 heterocycles. The van der Waals surface area contributed by atoms with E-state index in [9.17, 15) is 0 Å². The van der Waals surface area contributed by atoms with E-state index in [1.807, 2.05) is 30.3 Å². The molecule has 0 aliphatic rings. The summed E-state index contributed by atoms with van der Waals surface area (Å²) in [5, 5.41) is 5.42. The third kappa shape index (κ3) is 2.62. The van der Waals surface area contributed by atoms with E-state index >= 15 is 0 Å². The van der Waals surface area contributed by atoms with Crippen molar-refractivity contribution in [3.05, 3.63) is 51.5 Å². The smallest absolute Gasteiger partial charge is 0.230 e. The molecule has 6 heteroatoms. The Balaban J connectivity index is 2.09. The van der Waals surface area contributed by atoms with Gasteiger partial charge in [-0.2, -0.15) is 4.98 Å². The lowest BCUT2D eigenvalue weighted by molar-refractivity contribution is 1.15. The number of fused-ring (bicyclic) bond motifs is 1. The highest BCUT2D eigenvalue weighted by atomic mass is 79.9. The van der Waals surface area contributed by atoms with Crippen molar-refractivity contribution in [2.45, 2.75) is 0 Å². The van der Waals surface area contributed by atoms with Gasteiger partial charge in [-0.1, -0.05) is 40.2 Å². The Labute approximate surface area is 132 Å². The summed E-state index contributed by atoms with van der Waals surface area (Å²) in [5.74, 6) is 0.875. The maximum atomic E-state index is 5.72. The van der Waals surface area contributed by atoms with Gasteiger partial charge in [0.15, 0.2) is 0 Å². The lowest BCUT2D eigenvalue weighted by atomic mass is 10.1. The Hall–Kier alpha value is -1.66.